The minimum absolute atomic E-state index is 0.110. The monoisotopic (exact) mass is 979 g/mol. The van der Waals surface area contributed by atoms with E-state index in [0.717, 1.165) is 5.56 Å². The molecule has 2 aromatic carbocycles. The second-order valence-electron chi connectivity index (χ2n) is 18.3. The maximum absolute atomic E-state index is 14.1. The number of aryl methyl sites for hydroxylation is 1. The molecule has 1 heterocycles. The third-order valence-corrected chi connectivity index (χ3v) is 11.6. The Bertz CT molecular complexity index is 2200. The van der Waals surface area contributed by atoms with E-state index in [1.54, 1.807) is 64.1 Å². The lowest BCUT2D eigenvalue weighted by Crippen LogP contribution is -2.60. The topological polar surface area (TPSA) is 342 Å². The van der Waals surface area contributed by atoms with Gasteiger partial charge in [-0.15, -0.1) is 0 Å². The van der Waals surface area contributed by atoms with Crippen LogP contribution in [0.4, 0.5) is 16.2 Å². The van der Waals surface area contributed by atoms with Crippen molar-refractivity contribution >= 4 is 70.7 Å². The summed E-state index contributed by atoms with van der Waals surface area (Å²) in [6.45, 7) is 11.9. The lowest BCUT2D eigenvalue weighted by molar-refractivity contribution is -0.144. The van der Waals surface area contributed by atoms with Gasteiger partial charge in [-0.25, -0.2) is 9.59 Å². The van der Waals surface area contributed by atoms with Crippen LogP contribution in [0.5, 0.6) is 0 Å². The second-order valence-corrected chi connectivity index (χ2v) is 18.3. The first-order valence-corrected chi connectivity index (χ1v) is 23.5. The minimum Gasteiger partial charge on any atom is -0.481 e. The van der Waals surface area contributed by atoms with Gasteiger partial charge in [0.25, 0.3) is 0 Å². The van der Waals surface area contributed by atoms with Crippen molar-refractivity contribution in [2.75, 3.05) is 18.0 Å². The molecule has 9 amide bonds. The van der Waals surface area contributed by atoms with E-state index >= 15 is 0 Å². The number of unbranched alkanes of at least 4 members (excludes halogenated alkanes) is 1. The predicted molar refractivity (Wildman–Crippen MR) is 258 cm³/mol. The molecule has 1 aliphatic heterocycles. The molecule has 0 spiro atoms. The molecule has 1 fully saturated rings. The van der Waals surface area contributed by atoms with Crippen LogP contribution in [0.15, 0.2) is 48.5 Å². The Morgan fingerprint density at radius 2 is 1.33 bits per heavy atom. The van der Waals surface area contributed by atoms with Gasteiger partial charge < -0.3 is 58.5 Å². The van der Waals surface area contributed by atoms with E-state index in [1.807, 2.05) is 19.1 Å². The molecule has 7 atom stereocenters. The number of urea groups is 1. The van der Waals surface area contributed by atoms with Crippen molar-refractivity contribution in [1.82, 2.24) is 36.8 Å². The Balaban J connectivity index is 1.68. The van der Waals surface area contributed by atoms with Gasteiger partial charge in [0.15, 0.2) is 0 Å². The maximum Gasteiger partial charge on any atom is 0.326 e. The molecule has 3 rings (SSSR count). The molecular formula is C48H70N10O12. The minimum atomic E-state index is -1.69. The Labute approximate surface area is 407 Å². The zero-order valence-corrected chi connectivity index (χ0v) is 40.9. The molecule has 1 aliphatic rings. The highest BCUT2D eigenvalue weighted by molar-refractivity contribution is 6.00. The summed E-state index contributed by atoms with van der Waals surface area (Å²) in [5, 5.41) is 34.4. The Morgan fingerprint density at radius 1 is 0.729 bits per heavy atom. The Kier molecular flexibility index (Phi) is 22.2. The van der Waals surface area contributed by atoms with Crippen LogP contribution in [-0.2, 0) is 49.6 Å². The van der Waals surface area contributed by atoms with E-state index in [1.165, 1.54) is 23.6 Å². The average molecular weight is 979 g/mol. The molecular weight excluding hydrogens is 909 g/mol. The first kappa shape index (κ1) is 57.2. The summed E-state index contributed by atoms with van der Waals surface area (Å²) in [7, 11) is 0. The van der Waals surface area contributed by atoms with Crippen LogP contribution >= 0.6 is 0 Å². The summed E-state index contributed by atoms with van der Waals surface area (Å²) < 4.78 is 0. The van der Waals surface area contributed by atoms with Gasteiger partial charge in [-0.2, -0.15) is 0 Å². The molecule has 0 aromatic heterocycles. The van der Waals surface area contributed by atoms with Gasteiger partial charge in [0.1, 0.15) is 42.3 Å². The molecule has 22 heteroatoms. The SMILES string of the molecule is Cc1ccccc1N(C(N)=O)c1ccc(CC(=O)N[C@@H](CC(C)C)C(=O)N[C@@H](CC(=O)O)C(=O)N[C@H](C(=O)N2CCC[C@H]2C(=O)N[C@@H](C)C(=O)N[C@@H](C)C(=O)N[C@@H](CCCCN)C(=O)O)C(C)C)cc1. The molecule has 70 heavy (non-hydrogen) atoms. The fourth-order valence-electron chi connectivity index (χ4n) is 7.83. The zero-order chi connectivity index (χ0) is 52.4. The van der Waals surface area contributed by atoms with Crippen molar-refractivity contribution in [3.05, 3.63) is 59.7 Å². The summed E-state index contributed by atoms with van der Waals surface area (Å²) in [4.78, 5) is 133. The number of amides is 9. The van der Waals surface area contributed by atoms with Crippen LogP contribution in [-0.4, -0.2) is 130 Å². The highest BCUT2D eigenvalue weighted by Crippen LogP contribution is 2.28. The van der Waals surface area contributed by atoms with Gasteiger partial charge >= 0.3 is 18.0 Å². The first-order chi connectivity index (χ1) is 32.9. The first-order valence-electron chi connectivity index (χ1n) is 23.5. The molecule has 0 saturated carbocycles. The van der Waals surface area contributed by atoms with Gasteiger partial charge in [0.2, 0.25) is 41.4 Å². The standard InChI is InChI=1S/C48H70N10O12/c1-26(2)23-34(53-38(59)24-31-17-19-32(20-18-31)58(48(50)70)36-15-9-8-13-28(36)5)43(64)55-35(25-39(60)61)44(65)56-40(27(3)4)46(67)57-22-12-16-37(57)45(66)52-29(6)41(62)51-30(7)42(63)54-33(47(68)69)14-10-11-21-49/h8-9,13,15,17-20,26-27,29-30,33-35,37,40H,10-12,14,16,21-25,49H2,1-7H3,(H2,50,70)(H,51,62)(H,52,66)(H,53,59)(H,54,63)(H,55,64)(H,56,65)(H,60,61)(H,68,69)/t29-,30-,33-,34-,35-,37-,40-/m0/s1. The summed E-state index contributed by atoms with van der Waals surface area (Å²) in [6, 6.07) is 4.23. The molecule has 384 valence electrons. The van der Waals surface area contributed by atoms with Crippen molar-refractivity contribution in [3.8, 4) is 0 Å². The van der Waals surface area contributed by atoms with Crippen LogP contribution in [0.25, 0.3) is 0 Å². The fourth-order valence-corrected chi connectivity index (χ4v) is 7.83. The summed E-state index contributed by atoms with van der Waals surface area (Å²) in [5.74, 6) is -8.67. The Morgan fingerprint density at radius 3 is 1.90 bits per heavy atom. The smallest absolute Gasteiger partial charge is 0.326 e. The van der Waals surface area contributed by atoms with Crippen molar-refractivity contribution in [1.29, 1.82) is 0 Å². The highest BCUT2D eigenvalue weighted by atomic mass is 16.4. The molecule has 22 nitrogen and oxygen atoms in total. The van der Waals surface area contributed by atoms with E-state index < -0.39 is 114 Å². The van der Waals surface area contributed by atoms with Gasteiger partial charge in [-0.3, -0.25) is 43.3 Å². The second kappa shape index (κ2) is 27.2. The van der Waals surface area contributed by atoms with Gasteiger partial charge in [-0.1, -0.05) is 58.0 Å². The average Bonchev–Trinajstić information content (AvgIpc) is 3.78. The largest absolute Gasteiger partial charge is 0.481 e. The molecule has 0 unspecified atom stereocenters. The number of nitrogens with two attached hydrogens (primary N) is 2. The summed E-state index contributed by atoms with van der Waals surface area (Å²) in [6.07, 6.45) is 0.834. The van der Waals surface area contributed by atoms with Crippen molar-refractivity contribution in [3.63, 3.8) is 0 Å². The number of carboxylic acids is 2. The molecule has 0 aliphatic carbocycles. The van der Waals surface area contributed by atoms with Gasteiger partial charge in [-0.05, 0) is 107 Å². The summed E-state index contributed by atoms with van der Waals surface area (Å²) >= 11 is 0. The number of rotatable bonds is 26. The molecule has 2 aromatic rings. The number of aliphatic carboxylic acids is 2. The number of carboxylic acid groups (broad SMARTS) is 2. The summed E-state index contributed by atoms with van der Waals surface area (Å²) in [5.41, 5.74) is 13.6. The number of benzene rings is 2. The number of carbonyl (C=O) groups excluding carboxylic acids is 8. The molecule has 0 radical (unpaired) electrons. The van der Waals surface area contributed by atoms with E-state index in [2.05, 4.69) is 31.9 Å². The van der Waals surface area contributed by atoms with Crippen molar-refractivity contribution in [2.24, 2.45) is 23.3 Å². The highest BCUT2D eigenvalue weighted by Gasteiger charge is 2.41. The third-order valence-electron chi connectivity index (χ3n) is 11.6. The Hall–Kier alpha value is -7.10. The number of hydrogen-bond donors (Lipinski definition) is 10. The molecule has 1 saturated heterocycles. The number of para-hydroxylation sites is 1. The molecule has 12 N–H and O–H groups in total. The van der Waals surface area contributed by atoms with Gasteiger partial charge in [0.05, 0.1) is 24.2 Å². The molecule has 0 bridgehead atoms. The number of anilines is 2. The number of carbonyl (C=O) groups is 10. The maximum atomic E-state index is 14.1. The lowest BCUT2D eigenvalue weighted by Gasteiger charge is -2.32. The number of hydrogen-bond acceptors (Lipinski definition) is 11. The third kappa shape index (κ3) is 17.1. The van der Waals surface area contributed by atoms with Crippen LogP contribution in [0, 0.1) is 18.8 Å². The normalized spacial score (nSPS) is 15.9. The van der Waals surface area contributed by atoms with Crippen molar-refractivity contribution in [2.45, 2.75) is 142 Å². The van der Waals surface area contributed by atoms with Crippen molar-refractivity contribution < 1.29 is 58.2 Å². The van der Waals surface area contributed by atoms with Gasteiger partial charge in [0, 0.05) is 6.54 Å². The quantitative estimate of drug-likeness (QED) is 0.0591. The number of nitrogens with one attached hydrogen (secondary N) is 6. The van der Waals surface area contributed by atoms with Crippen LogP contribution in [0.1, 0.15) is 97.6 Å². The van der Waals surface area contributed by atoms with E-state index in [4.69, 9.17) is 11.5 Å². The predicted octanol–water partition coefficient (Wildman–Crippen LogP) is 1.08. The van der Waals surface area contributed by atoms with E-state index in [0.29, 0.717) is 42.7 Å². The number of primary amides is 1. The number of nitrogens with zero attached hydrogens (tertiary/aromatic N) is 2. The zero-order valence-electron chi connectivity index (χ0n) is 40.9. The van der Waals surface area contributed by atoms with E-state index in [-0.39, 0.29) is 38.1 Å². The fraction of sp³-hybridized carbons (Fsp3) is 0.542. The number of likely N-dealkylation sites (tertiary alicyclic amines) is 1. The van der Waals surface area contributed by atoms with E-state index in [9.17, 15) is 58.2 Å². The van der Waals surface area contributed by atoms with Crippen LogP contribution in [0.3, 0.4) is 0 Å². The van der Waals surface area contributed by atoms with Crippen LogP contribution in [0.2, 0.25) is 0 Å². The lowest BCUT2D eigenvalue weighted by atomic mass is 10.00. The van der Waals surface area contributed by atoms with Crippen LogP contribution < -0.4 is 48.3 Å².